The highest BCUT2D eigenvalue weighted by molar-refractivity contribution is 5.39. The summed E-state index contributed by atoms with van der Waals surface area (Å²) in [6.45, 7) is 0. The van der Waals surface area contributed by atoms with Gasteiger partial charge in [0, 0.05) is 6.20 Å². The summed E-state index contributed by atoms with van der Waals surface area (Å²) in [5.74, 6) is -2.64. The molecule has 6 heteroatoms. The Morgan fingerprint density at radius 3 is 2.62 bits per heavy atom. The number of halogens is 3. The minimum Gasteiger partial charge on any atom is -0.503 e. The van der Waals surface area contributed by atoms with Crippen LogP contribution >= 0.6 is 0 Å². The topological polar surface area (TPSA) is 56.9 Å². The Hall–Kier alpha value is -1.77. The Morgan fingerprint density at radius 1 is 1.54 bits per heavy atom. The van der Waals surface area contributed by atoms with Crippen LogP contribution in [0.3, 0.4) is 0 Å². The average molecular weight is 188 g/mol. The Bertz CT molecular complexity index is 373. The van der Waals surface area contributed by atoms with E-state index < -0.39 is 29.2 Å². The van der Waals surface area contributed by atoms with Crippen molar-refractivity contribution in [2.75, 3.05) is 0 Å². The van der Waals surface area contributed by atoms with Gasteiger partial charge in [0.1, 0.15) is 6.07 Å². The molecule has 1 heterocycles. The monoisotopic (exact) mass is 188 g/mol. The lowest BCUT2D eigenvalue weighted by Crippen LogP contribution is -1.96. The van der Waals surface area contributed by atoms with Gasteiger partial charge in [-0.05, 0) is 0 Å². The Labute approximate surface area is 71.1 Å². The molecule has 0 fully saturated rings. The van der Waals surface area contributed by atoms with E-state index in [4.69, 9.17) is 10.4 Å². The van der Waals surface area contributed by atoms with Gasteiger partial charge in [0.15, 0.2) is 17.3 Å². The third-order valence-electron chi connectivity index (χ3n) is 1.36. The van der Waals surface area contributed by atoms with Gasteiger partial charge in [-0.15, -0.1) is 0 Å². The average Bonchev–Trinajstić information content (AvgIpc) is 2.09. The van der Waals surface area contributed by atoms with Crippen molar-refractivity contribution in [3.63, 3.8) is 0 Å². The number of aromatic hydroxyl groups is 1. The molecule has 1 N–H and O–H groups in total. The van der Waals surface area contributed by atoms with E-state index in [1.165, 1.54) is 6.07 Å². The fourth-order valence-corrected chi connectivity index (χ4v) is 0.727. The first-order valence-electron chi connectivity index (χ1n) is 3.13. The zero-order valence-corrected chi connectivity index (χ0v) is 6.13. The maximum atomic E-state index is 12.8. The molecule has 0 aliphatic carbocycles. The fraction of sp³-hybridized carbons (Fsp3) is 0.143. The van der Waals surface area contributed by atoms with Crippen LogP contribution in [0.5, 0.6) is 5.75 Å². The summed E-state index contributed by atoms with van der Waals surface area (Å²) >= 11 is 0. The Morgan fingerprint density at radius 2 is 2.15 bits per heavy atom. The van der Waals surface area contributed by atoms with Gasteiger partial charge in [-0.2, -0.15) is 5.26 Å². The normalized spacial score (nSPS) is 10.1. The molecule has 0 aromatic carbocycles. The predicted octanol–water partition coefficient (Wildman–Crippen LogP) is 1.74. The van der Waals surface area contributed by atoms with Gasteiger partial charge in [0.05, 0.1) is 5.56 Å². The molecule has 0 aliphatic rings. The van der Waals surface area contributed by atoms with Crippen LogP contribution in [-0.2, 0) is 0 Å². The van der Waals surface area contributed by atoms with E-state index >= 15 is 0 Å². The Balaban J connectivity index is 3.33. The summed E-state index contributed by atoms with van der Waals surface area (Å²) in [7, 11) is 0. The van der Waals surface area contributed by atoms with Crippen molar-refractivity contribution in [3.8, 4) is 11.8 Å². The minimum absolute atomic E-state index is 0.526. The van der Waals surface area contributed by atoms with Gasteiger partial charge in [0.25, 0.3) is 6.43 Å². The second-order valence-corrected chi connectivity index (χ2v) is 2.14. The zero-order valence-electron chi connectivity index (χ0n) is 6.13. The summed E-state index contributed by atoms with van der Waals surface area (Å²) in [6, 6.07) is 1.36. The van der Waals surface area contributed by atoms with Gasteiger partial charge in [-0.25, -0.2) is 18.2 Å². The highest BCUT2D eigenvalue weighted by Crippen LogP contribution is 2.28. The summed E-state index contributed by atoms with van der Waals surface area (Å²) < 4.78 is 36.7. The van der Waals surface area contributed by atoms with Gasteiger partial charge in [-0.1, -0.05) is 0 Å². The SMILES string of the molecule is N#Cc1ncc(C(F)F)c(F)c1O. The van der Waals surface area contributed by atoms with Gasteiger partial charge in [0.2, 0.25) is 0 Å². The van der Waals surface area contributed by atoms with Crippen LogP contribution in [0.4, 0.5) is 13.2 Å². The van der Waals surface area contributed by atoms with Crippen molar-refractivity contribution in [2.24, 2.45) is 0 Å². The summed E-state index contributed by atoms with van der Waals surface area (Å²) in [6.07, 6.45) is -2.54. The van der Waals surface area contributed by atoms with Crippen molar-refractivity contribution < 1.29 is 18.3 Å². The molecule has 0 spiro atoms. The number of rotatable bonds is 1. The van der Waals surface area contributed by atoms with E-state index in [0.717, 1.165) is 0 Å². The molecule has 1 rings (SSSR count). The molecule has 13 heavy (non-hydrogen) atoms. The number of aromatic nitrogens is 1. The molecule has 0 radical (unpaired) electrons. The van der Waals surface area contributed by atoms with Crippen molar-refractivity contribution in [2.45, 2.75) is 6.43 Å². The lowest BCUT2D eigenvalue weighted by Gasteiger charge is -2.02. The largest absolute Gasteiger partial charge is 0.503 e. The minimum atomic E-state index is -3.06. The molecule has 0 unspecified atom stereocenters. The standard InChI is InChI=1S/C7H3F3N2O/c8-5-3(7(9)10)2-12-4(1-11)6(5)13/h2,7,13H. The van der Waals surface area contributed by atoms with E-state index in [0.29, 0.717) is 6.20 Å². The van der Waals surface area contributed by atoms with Gasteiger partial charge in [-0.3, -0.25) is 0 Å². The molecule has 0 saturated carbocycles. The van der Waals surface area contributed by atoms with Crippen molar-refractivity contribution >= 4 is 0 Å². The van der Waals surface area contributed by atoms with Crippen LogP contribution in [-0.4, -0.2) is 10.1 Å². The quantitative estimate of drug-likeness (QED) is 0.730. The predicted molar refractivity (Wildman–Crippen MR) is 35.5 cm³/mol. The first kappa shape index (κ1) is 9.32. The van der Waals surface area contributed by atoms with Crippen LogP contribution in [0, 0.1) is 17.1 Å². The second kappa shape index (κ2) is 3.31. The zero-order chi connectivity index (χ0) is 10.0. The lowest BCUT2D eigenvalue weighted by atomic mass is 10.2. The van der Waals surface area contributed by atoms with Crippen molar-refractivity contribution in [1.29, 1.82) is 5.26 Å². The van der Waals surface area contributed by atoms with Gasteiger partial charge < -0.3 is 5.11 Å². The molecule has 3 nitrogen and oxygen atoms in total. The fourth-order valence-electron chi connectivity index (χ4n) is 0.727. The molecule has 1 aromatic heterocycles. The molecule has 68 valence electrons. The van der Waals surface area contributed by atoms with E-state index in [9.17, 15) is 13.2 Å². The number of alkyl halides is 2. The summed E-state index contributed by atoms with van der Waals surface area (Å²) in [5, 5.41) is 17.1. The number of pyridine rings is 1. The molecule has 0 saturated heterocycles. The van der Waals surface area contributed by atoms with Crippen LogP contribution in [0.2, 0.25) is 0 Å². The second-order valence-electron chi connectivity index (χ2n) is 2.14. The van der Waals surface area contributed by atoms with E-state index in [1.54, 1.807) is 0 Å². The molecule has 0 amide bonds. The number of nitriles is 1. The highest BCUT2D eigenvalue weighted by atomic mass is 19.3. The van der Waals surface area contributed by atoms with E-state index in [1.807, 2.05) is 0 Å². The number of hydrogen-bond donors (Lipinski definition) is 1. The van der Waals surface area contributed by atoms with Crippen molar-refractivity contribution in [1.82, 2.24) is 4.98 Å². The van der Waals surface area contributed by atoms with Crippen molar-refractivity contribution in [3.05, 3.63) is 23.3 Å². The third kappa shape index (κ3) is 1.54. The van der Waals surface area contributed by atoms with Crippen LogP contribution < -0.4 is 0 Å². The smallest absolute Gasteiger partial charge is 0.268 e. The number of hydrogen-bond acceptors (Lipinski definition) is 3. The molecular formula is C7H3F3N2O. The first-order valence-corrected chi connectivity index (χ1v) is 3.13. The molecule has 1 aromatic rings. The van der Waals surface area contributed by atoms with Crippen LogP contribution in [0.15, 0.2) is 6.20 Å². The third-order valence-corrected chi connectivity index (χ3v) is 1.36. The lowest BCUT2D eigenvalue weighted by molar-refractivity contribution is 0.144. The Kier molecular flexibility index (Phi) is 2.37. The van der Waals surface area contributed by atoms with Crippen LogP contribution in [0.25, 0.3) is 0 Å². The number of nitrogens with zero attached hydrogens (tertiary/aromatic N) is 2. The van der Waals surface area contributed by atoms with E-state index in [2.05, 4.69) is 4.98 Å². The molecular weight excluding hydrogens is 185 g/mol. The summed E-state index contributed by atoms with van der Waals surface area (Å²) in [5.41, 5.74) is -1.63. The first-order chi connectivity index (χ1) is 6.07. The maximum Gasteiger partial charge on any atom is 0.268 e. The maximum absolute atomic E-state index is 12.8. The molecule has 0 bridgehead atoms. The van der Waals surface area contributed by atoms with Gasteiger partial charge >= 0.3 is 0 Å². The van der Waals surface area contributed by atoms with E-state index in [-0.39, 0.29) is 0 Å². The highest BCUT2D eigenvalue weighted by Gasteiger charge is 2.19. The van der Waals surface area contributed by atoms with Crippen LogP contribution in [0.1, 0.15) is 17.7 Å². The molecule has 0 atom stereocenters. The summed E-state index contributed by atoms with van der Waals surface area (Å²) in [4.78, 5) is 3.15. The molecule has 0 aliphatic heterocycles.